The van der Waals surface area contributed by atoms with Crippen LogP contribution in [0.4, 0.5) is 13.2 Å². The highest BCUT2D eigenvalue weighted by Crippen LogP contribution is 2.42. The summed E-state index contributed by atoms with van der Waals surface area (Å²) in [5, 5.41) is 2.95. The Morgan fingerprint density at radius 3 is 2.72 bits per heavy atom. The maximum absolute atomic E-state index is 13.4. The van der Waals surface area contributed by atoms with Crippen molar-refractivity contribution < 1.29 is 18.0 Å². The summed E-state index contributed by atoms with van der Waals surface area (Å²) in [5.41, 5.74) is 2.30. The molecule has 2 aliphatic carbocycles. The van der Waals surface area contributed by atoms with Crippen molar-refractivity contribution in [1.82, 2.24) is 10.3 Å². The van der Waals surface area contributed by atoms with Crippen LogP contribution in [0.2, 0.25) is 0 Å². The molecule has 1 aromatic carbocycles. The van der Waals surface area contributed by atoms with Crippen LogP contribution in [0.1, 0.15) is 47.9 Å². The minimum absolute atomic E-state index is 0.102. The summed E-state index contributed by atoms with van der Waals surface area (Å²) in [5.74, 6) is -4.42. The van der Waals surface area contributed by atoms with Crippen molar-refractivity contribution in [2.45, 2.75) is 43.6 Å². The molecule has 1 saturated carbocycles. The van der Waals surface area contributed by atoms with Gasteiger partial charge in [0.05, 0.1) is 11.6 Å². The second-order valence-electron chi connectivity index (χ2n) is 6.75. The molecule has 130 valence electrons. The summed E-state index contributed by atoms with van der Waals surface area (Å²) in [6, 6.07) is 5.70. The van der Waals surface area contributed by atoms with Crippen LogP contribution in [0.25, 0.3) is 0 Å². The number of nitrogens with one attached hydrogen (secondary N) is 1. The molecule has 0 unspecified atom stereocenters. The molecular formula is C19H17F3N2O. The third kappa shape index (κ3) is 3.01. The zero-order valence-corrected chi connectivity index (χ0v) is 13.4. The van der Waals surface area contributed by atoms with Gasteiger partial charge in [-0.25, -0.2) is 13.2 Å². The number of rotatable bonds is 3. The van der Waals surface area contributed by atoms with E-state index < -0.39 is 17.5 Å². The van der Waals surface area contributed by atoms with Crippen molar-refractivity contribution in [2.75, 3.05) is 0 Å². The number of hydrogen-bond acceptors (Lipinski definition) is 2. The van der Waals surface area contributed by atoms with Gasteiger partial charge in [0.2, 0.25) is 5.91 Å². The number of hydrogen-bond donors (Lipinski definition) is 1. The fraction of sp³-hybridized carbons (Fsp3) is 0.368. The first-order valence-corrected chi connectivity index (χ1v) is 8.43. The molecule has 2 aliphatic rings. The minimum Gasteiger partial charge on any atom is -0.352 e. The van der Waals surface area contributed by atoms with E-state index in [4.69, 9.17) is 0 Å². The maximum atomic E-state index is 13.4. The molecule has 0 aliphatic heterocycles. The van der Waals surface area contributed by atoms with Crippen LogP contribution >= 0.6 is 0 Å². The van der Waals surface area contributed by atoms with Crippen molar-refractivity contribution in [1.29, 1.82) is 0 Å². The molecular weight excluding hydrogens is 329 g/mol. The van der Waals surface area contributed by atoms with Gasteiger partial charge in [0.15, 0.2) is 17.5 Å². The van der Waals surface area contributed by atoms with Gasteiger partial charge in [-0.05, 0) is 55.0 Å². The van der Waals surface area contributed by atoms with E-state index >= 15 is 0 Å². The van der Waals surface area contributed by atoms with E-state index in [1.807, 2.05) is 12.1 Å². The molecule has 0 radical (unpaired) electrons. The van der Waals surface area contributed by atoms with Gasteiger partial charge in [-0.1, -0.05) is 6.07 Å². The van der Waals surface area contributed by atoms with E-state index in [-0.39, 0.29) is 23.8 Å². The standard InChI is InChI=1S/C19H17F3N2O/c20-14-7-11(8-15(21)17(14)22)13-9-16(13)24-19(25)12-5-1-3-10-4-2-6-23-18(10)12/h2,4,6-8,12-13,16H,1,3,5,9H2,(H,24,25)/t12-,13-,16+/m0/s1. The van der Waals surface area contributed by atoms with E-state index in [2.05, 4.69) is 10.3 Å². The van der Waals surface area contributed by atoms with Crippen molar-refractivity contribution in [2.24, 2.45) is 0 Å². The van der Waals surface area contributed by atoms with Gasteiger partial charge >= 0.3 is 0 Å². The van der Waals surface area contributed by atoms with E-state index in [0.29, 0.717) is 12.0 Å². The summed E-state index contributed by atoms with van der Waals surface area (Å²) in [4.78, 5) is 17.0. The van der Waals surface area contributed by atoms with Crippen LogP contribution < -0.4 is 5.32 Å². The Hall–Kier alpha value is -2.37. The average molecular weight is 346 g/mol. The second-order valence-corrected chi connectivity index (χ2v) is 6.75. The zero-order valence-electron chi connectivity index (χ0n) is 13.4. The third-order valence-corrected chi connectivity index (χ3v) is 5.06. The monoisotopic (exact) mass is 346 g/mol. The summed E-state index contributed by atoms with van der Waals surface area (Å²) in [7, 11) is 0. The molecule has 0 bridgehead atoms. The van der Waals surface area contributed by atoms with E-state index in [1.165, 1.54) is 0 Å². The van der Waals surface area contributed by atoms with Crippen LogP contribution in [0.5, 0.6) is 0 Å². The Morgan fingerprint density at radius 2 is 1.96 bits per heavy atom. The third-order valence-electron chi connectivity index (χ3n) is 5.06. The molecule has 1 N–H and O–H groups in total. The van der Waals surface area contributed by atoms with Crippen LogP contribution in [0, 0.1) is 17.5 Å². The summed E-state index contributed by atoms with van der Waals surface area (Å²) < 4.78 is 39.8. The number of nitrogens with zero attached hydrogens (tertiary/aromatic N) is 1. The first kappa shape index (κ1) is 16.1. The van der Waals surface area contributed by atoms with Gasteiger partial charge < -0.3 is 5.32 Å². The molecule has 1 amide bonds. The molecule has 1 fully saturated rings. The lowest BCUT2D eigenvalue weighted by molar-refractivity contribution is -0.123. The van der Waals surface area contributed by atoms with Crippen molar-refractivity contribution in [3.8, 4) is 0 Å². The molecule has 25 heavy (non-hydrogen) atoms. The lowest BCUT2D eigenvalue weighted by Crippen LogP contribution is -2.34. The SMILES string of the molecule is O=C(N[C@@H]1C[C@H]1c1cc(F)c(F)c(F)c1)[C@H]1CCCc2cccnc21. The lowest BCUT2D eigenvalue weighted by Gasteiger charge is -2.23. The molecule has 0 saturated heterocycles. The van der Waals surface area contributed by atoms with Crippen LogP contribution in [-0.4, -0.2) is 16.9 Å². The predicted octanol–water partition coefficient (Wildman–Crippen LogP) is 3.59. The van der Waals surface area contributed by atoms with Gasteiger partial charge in [0.1, 0.15) is 0 Å². The van der Waals surface area contributed by atoms with Gasteiger partial charge in [0.25, 0.3) is 0 Å². The van der Waals surface area contributed by atoms with E-state index in [1.54, 1.807) is 6.20 Å². The van der Waals surface area contributed by atoms with Crippen LogP contribution in [0.15, 0.2) is 30.5 Å². The summed E-state index contributed by atoms with van der Waals surface area (Å²) in [6.07, 6.45) is 4.88. The van der Waals surface area contributed by atoms with E-state index in [9.17, 15) is 18.0 Å². The smallest absolute Gasteiger partial charge is 0.229 e. The summed E-state index contributed by atoms with van der Waals surface area (Å²) >= 11 is 0. The molecule has 3 nitrogen and oxygen atoms in total. The fourth-order valence-corrected chi connectivity index (χ4v) is 3.66. The molecule has 1 heterocycles. The average Bonchev–Trinajstić information content (AvgIpc) is 3.37. The van der Waals surface area contributed by atoms with Crippen LogP contribution in [0.3, 0.4) is 0 Å². The second kappa shape index (κ2) is 6.17. The highest BCUT2D eigenvalue weighted by atomic mass is 19.2. The first-order chi connectivity index (χ1) is 12.0. The van der Waals surface area contributed by atoms with Crippen molar-refractivity contribution in [3.63, 3.8) is 0 Å². The molecule has 0 spiro atoms. The van der Waals surface area contributed by atoms with Crippen LogP contribution in [-0.2, 0) is 11.2 Å². The number of aromatic nitrogens is 1. The highest BCUT2D eigenvalue weighted by molar-refractivity contribution is 5.84. The molecule has 3 atom stereocenters. The number of pyridine rings is 1. The maximum Gasteiger partial charge on any atom is 0.229 e. The lowest BCUT2D eigenvalue weighted by atomic mass is 9.86. The molecule has 4 rings (SSSR count). The minimum atomic E-state index is -1.46. The number of fused-ring (bicyclic) bond motifs is 1. The number of halogens is 3. The molecule has 6 heteroatoms. The quantitative estimate of drug-likeness (QED) is 0.863. The van der Waals surface area contributed by atoms with Gasteiger partial charge in [-0.3, -0.25) is 9.78 Å². The number of carbonyl (C=O) groups is 1. The Morgan fingerprint density at radius 1 is 1.20 bits per heavy atom. The molecule has 2 aromatic rings. The Balaban J connectivity index is 1.46. The number of benzene rings is 1. The largest absolute Gasteiger partial charge is 0.352 e. The zero-order chi connectivity index (χ0) is 17.6. The fourth-order valence-electron chi connectivity index (χ4n) is 3.66. The molecule has 1 aromatic heterocycles. The van der Waals surface area contributed by atoms with Crippen molar-refractivity contribution in [3.05, 3.63) is 64.7 Å². The Labute approximate surface area is 143 Å². The van der Waals surface area contributed by atoms with Gasteiger partial charge in [-0.15, -0.1) is 0 Å². The first-order valence-electron chi connectivity index (χ1n) is 8.43. The highest BCUT2D eigenvalue weighted by Gasteiger charge is 2.42. The van der Waals surface area contributed by atoms with Gasteiger partial charge in [0, 0.05) is 18.2 Å². The number of aryl methyl sites for hydroxylation is 1. The number of amides is 1. The predicted molar refractivity (Wildman–Crippen MR) is 85.5 cm³/mol. The Bertz CT molecular complexity index is 816. The Kier molecular flexibility index (Phi) is 3.98. The normalized spacial score (nSPS) is 24.5. The van der Waals surface area contributed by atoms with Gasteiger partial charge in [-0.2, -0.15) is 0 Å². The van der Waals surface area contributed by atoms with E-state index in [0.717, 1.165) is 42.7 Å². The summed E-state index contributed by atoms with van der Waals surface area (Å²) in [6.45, 7) is 0. The number of carbonyl (C=O) groups excluding carboxylic acids is 1. The topological polar surface area (TPSA) is 42.0 Å². The van der Waals surface area contributed by atoms with Crippen molar-refractivity contribution >= 4 is 5.91 Å².